The molecule has 1 aromatic carbocycles. The number of hydrogen-bond donors (Lipinski definition) is 0. The van der Waals surface area contributed by atoms with Crippen LogP contribution in [0.1, 0.15) is 44.6 Å². The number of hydrogen-bond acceptors (Lipinski definition) is 5. The molecule has 0 spiro atoms. The second-order valence-corrected chi connectivity index (χ2v) is 8.19. The Labute approximate surface area is 168 Å². The summed E-state index contributed by atoms with van der Waals surface area (Å²) in [6.07, 6.45) is 5.78. The molecule has 0 bridgehead atoms. The largest absolute Gasteiger partial charge is 0.454 e. The third-order valence-corrected chi connectivity index (χ3v) is 6.40. The van der Waals surface area contributed by atoms with Crippen molar-refractivity contribution in [3.63, 3.8) is 0 Å². The first-order valence-electron chi connectivity index (χ1n) is 10.9. The molecule has 1 atom stereocenters. The van der Waals surface area contributed by atoms with Crippen molar-refractivity contribution in [3.8, 4) is 11.5 Å². The van der Waals surface area contributed by atoms with Crippen molar-refractivity contribution in [2.75, 3.05) is 46.1 Å². The molecule has 2 fully saturated rings. The van der Waals surface area contributed by atoms with Gasteiger partial charge in [0, 0.05) is 51.7 Å². The van der Waals surface area contributed by atoms with Crippen LogP contribution in [-0.4, -0.2) is 72.7 Å². The second kappa shape index (κ2) is 9.14. The normalized spacial score (nSPS) is 23.2. The predicted octanol–water partition coefficient (Wildman–Crippen LogP) is 2.71. The maximum absolute atomic E-state index is 12.7. The summed E-state index contributed by atoms with van der Waals surface area (Å²) in [7, 11) is 0. The number of benzene rings is 1. The molecule has 28 heavy (non-hydrogen) atoms. The Hall–Kier alpha value is -1.79. The standard InChI is InChI=1S/C22H33N3O3/c1-2-19-5-3-4-9-24(19)10-8-22(26)25-13-11-23(12-14-25)16-18-6-7-20-21(15-18)28-17-27-20/h6-7,15,19H,2-5,8-14,16-17H2,1H3. The maximum atomic E-state index is 12.7. The Balaban J connectivity index is 1.21. The fourth-order valence-electron chi connectivity index (χ4n) is 4.67. The van der Waals surface area contributed by atoms with Gasteiger partial charge in [-0.1, -0.05) is 19.4 Å². The number of carbonyl (C=O) groups is 1. The summed E-state index contributed by atoms with van der Waals surface area (Å²) in [4.78, 5) is 19.7. The van der Waals surface area contributed by atoms with Crippen molar-refractivity contribution < 1.29 is 14.3 Å². The molecule has 3 aliphatic heterocycles. The zero-order chi connectivity index (χ0) is 19.3. The number of carbonyl (C=O) groups excluding carboxylic acids is 1. The van der Waals surface area contributed by atoms with Crippen molar-refractivity contribution in [3.05, 3.63) is 23.8 Å². The minimum absolute atomic E-state index is 0.315. The molecule has 6 nitrogen and oxygen atoms in total. The first kappa shape index (κ1) is 19.5. The highest BCUT2D eigenvalue weighted by Gasteiger charge is 2.25. The zero-order valence-corrected chi connectivity index (χ0v) is 17.1. The van der Waals surface area contributed by atoms with Gasteiger partial charge in [-0.15, -0.1) is 0 Å². The van der Waals surface area contributed by atoms with Gasteiger partial charge in [0.1, 0.15) is 0 Å². The smallest absolute Gasteiger partial charge is 0.231 e. The average molecular weight is 388 g/mol. The number of nitrogens with zero attached hydrogens (tertiary/aromatic N) is 3. The predicted molar refractivity (Wildman–Crippen MR) is 109 cm³/mol. The Morgan fingerprint density at radius 1 is 1.07 bits per heavy atom. The SMILES string of the molecule is CCC1CCCCN1CCC(=O)N1CCN(Cc2ccc3c(c2)OCO3)CC1. The summed E-state index contributed by atoms with van der Waals surface area (Å²) >= 11 is 0. The average Bonchev–Trinajstić information content (AvgIpc) is 3.20. The second-order valence-electron chi connectivity index (χ2n) is 8.19. The summed E-state index contributed by atoms with van der Waals surface area (Å²) in [6.45, 7) is 9.10. The minimum atomic E-state index is 0.315. The van der Waals surface area contributed by atoms with Gasteiger partial charge in [0.15, 0.2) is 11.5 Å². The van der Waals surface area contributed by atoms with E-state index in [4.69, 9.17) is 9.47 Å². The molecule has 0 saturated carbocycles. The molecular formula is C22H33N3O3. The van der Waals surface area contributed by atoms with Gasteiger partial charge in [0.05, 0.1) is 0 Å². The summed E-state index contributed by atoms with van der Waals surface area (Å²) < 4.78 is 10.9. The number of amides is 1. The third-order valence-electron chi connectivity index (χ3n) is 6.40. The fourth-order valence-corrected chi connectivity index (χ4v) is 4.67. The number of piperidine rings is 1. The quantitative estimate of drug-likeness (QED) is 0.751. The highest BCUT2D eigenvalue weighted by Crippen LogP contribution is 2.32. The van der Waals surface area contributed by atoms with Crippen LogP contribution in [0.15, 0.2) is 18.2 Å². The lowest BCUT2D eigenvalue weighted by molar-refractivity contribution is -0.133. The van der Waals surface area contributed by atoms with E-state index in [1.165, 1.54) is 31.2 Å². The minimum Gasteiger partial charge on any atom is -0.454 e. The first-order valence-corrected chi connectivity index (χ1v) is 10.9. The van der Waals surface area contributed by atoms with E-state index < -0.39 is 0 Å². The van der Waals surface area contributed by atoms with Crippen molar-refractivity contribution in [2.45, 2.75) is 51.6 Å². The Bertz CT molecular complexity index is 673. The lowest BCUT2D eigenvalue weighted by atomic mass is 10.00. The van der Waals surface area contributed by atoms with Gasteiger partial charge in [-0.3, -0.25) is 14.6 Å². The van der Waals surface area contributed by atoms with Gasteiger partial charge < -0.3 is 14.4 Å². The van der Waals surface area contributed by atoms with Crippen LogP contribution in [-0.2, 0) is 11.3 Å². The molecule has 2 saturated heterocycles. The lowest BCUT2D eigenvalue weighted by Crippen LogP contribution is -2.49. The Morgan fingerprint density at radius 2 is 1.89 bits per heavy atom. The van der Waals surface area contributed by atoms with Crippen LogP contribution in [0.3, 0.4) is 0 Å². The van der Waals surface area contributed by atoms with Crippen LogP contribution in [0, 0.1) is 0 Å². The number of rotatable bonds is 6. The van der Waals surface area contributed by atoms with Gasteiger partial charge in [-0.25, -0.2) is 0 Å². The van der Waals surface area contributed by atoms with Gasteiger partial charge in [-0.2, -0.15) is 0 Å². The van der Waals surface area contributed by atoms with Crippen LogP contribution in [0.2, 0.25) is 0 Å². The van der Waals surface area contributed by atoms with E-state index in [0.717, 1.165) is 57.3 Å². The van der Waals surface area contributed by atoms with Gasteiger partial charge in [0.2, 0.25) is 12.7 Å². The maximum Gasteiger partial charge on any atom is 0.231 e. The topological polar surface area (TPSA) is 45.3 Å². The summed E-state index contributed by atoms with van der Waals surface area (Å²) in [5, 5.41) is 0. The highest BCUT2D eigenvalue weighted by molar-refractivity contribution is 5.76. The van der Waals surface area contributed by atoms with E-state index in [1.54, 1.807) is 0 Å². The molecule has 3 heterocycles. The van der Waals surface area contributed by atoms with Crippen molar-refractivity contribution in [2.24, 2.45) is 0 Å². The number of likely N-dealkylation sites (tertiary alicyclic amines) is 1. The highest BCUT2D eigenvalue weighted by atomic mass is 16.7. The molecule has 4 rings (SSSR count). The van der Waals surface area contributed by atoms with Gasteiger partial charge >= 0.3 is 0 Å². The van der Waals surface area contributed by atoms with E-state index in [2.05, 4.69) is 33.8 Å². The van der Waals surface area contributed by atoms with Crippen molar-refractivity contribution in [1.29, 1.82) is 0 Å². The molecule has 1 aromatic rings. The van der Waals surface area contributed by atoms with Gasteiger partial charge in [0.25, 0.3) is 0 Å². The molecule has 0 aliphatic carbocycles. The number of ether oxygens (including phenoxy) is 2. The molecule has 1 amide bonds. The van der Waals surface area contributed by atoms with E-state index in [9.17, 15) is 4.79 Å². The summed E-state index contributed by atoms with van der Waals surface area (Å²) in [5.74, 6) is 2.00. The van der Waals surface area contributed by atoms with Crippen molar-refractivity contribution in [1.82, 2.24) is 14.7 Å². The Kier molecular flexibility index (Phi) is 6.37. The molecule has 0 aromatic heterocycles. The molecule has 154 valence electrons. The molecule has 6 heteroatoms. The fraction of sp³-hybridized carbons (Fsp3) is 0.682. The van der Waals surface area contributed by atoms with Crippen LogP contribution in [0.25, 0.3) is 0 Å². The number of piperazine rings is 1. The van der Waals surface area contributed by atoms with E-state index in [0.29, 0.717) is 25.2 Å². The summed E-state index contributed by atoms with van der Waals surface area (Å²) in [6, 6.07) is 6.85. The monoisotopic (exact) mass is 387 g/mol. The molecule has 0 N–H and O–H groups in total. The van der Waals surface area contributed by atoms with Crippen LogP contribution >= 0.6 is 0 Å². The zero-order valence-electron chi connectivity index (χ0n) is 17.1. The van der Waals surface area contributed by atoms with Gasteiger partial charge in [-0.05, 0) is 43.5 Å². The Morgan fingerprint density at radius 3 is 2.71 bits per heavy atom. The van der Waals surface area contributed by atoms with E-state index >= 15 is 0 Å². The molecule has 3 aliphatic rings. The number of fused-ring (bicyclic) bond motifs is 1. The van der Waals surface area contributed by atoms with Crippen LogP contribution < -0.4 is 9.47 Å². The molecule has 1 unspecified atom stereocenters. The summed E-state index contributed by atoms with van der Waals surface area (Å²) in [5.41, 5.74) is 1.24. The van der Waals surface area contributed by atoms with E-state index in [-0.39, 0.29) is 0 Å². The van der Waals surface area contributed by atoms with Crippen LogP contribution in [0.5, 0.6) is 11.5 Å². The third kappa shape index (κ3) is 4.61. The van der Waals surface area contributed by atoms with Crippen molar-refractivity contribution >= 4 is 5.91 Å². The van der Waals surface area contributed by atoms with Crippen LogP contribution in [0.4, 0.5) is 0 Å². The van der Waals surface area contributed by atoms with E-state index in [1.807, 2.05) is 6.07 Å². The first-order chi connectivity index (χ1) is 13.7. The lowest BCUT2D eigenvalue weighted by Gasteiger charge is -2.37. The molecular weight excluding hydrogens is 354 g/mol. The molecule has 0 radical (unpaired) electrons.